The smallest absolute Gasteiger partial charge is 0.180 e. The van der Waals surface area contributed by atoms with Gasteiger partial charge in [0.05, 0.1) is 11.6 Å². The van der Waals surface area contributed by atoms with E-state index in [9.17, 15) is 0 Å². The molecule has 0 fully saturated rings. The van der Waals surface area contributed by atoms with E-state index in [-0.39, 0.29) is 0 Å². The first kappa shape index (κ1) is 17.4. The molecule has 1 N–H and O–H groups in total. The molecule has 0 bridgehead atoms. The maximum Gasteiger partial charge on any atom is 0.180 e. The van der Waals surface area contributed by atoms with Crippen LogP contribution in [0.1, 0.15) is 18.1 Å². The number of nitrogens with one attached hydrogen (secondary N) is 1. The van der Waals surface area contributed by atoms with Crippen LogP contribution in [0.25, 0.3) is 0 Å². The number of ether oxygens (including phenoxy) is 2. The van der Waals surface area contributed by atoms with Crippen LogP contribution in [0.3, 0.4) is 0 Å². The average Bonchev–Trinajstić information content (AvgIpc) is 2.55. The molecule has 4 heteroatoms. The van der Waals surface area contributed by atoms with Gasteiger partial charge in [0, 0.05) is 13.1 Å². The molecule has 3 nitrogen and oxygen atoms in total. The highest BCUT2D eigenvalue weighted by atomic mass is 35.5. The summed E-state index contributed by atoms with van der Waals surface area (Å²) in [5.41, 5.74) is 2.13. The Bertz CT molecular complexity index is 629. The predicted octanol–water partition coefficient (Wildman–Crippen LogP) is 4.59. The molecule has 0 aliphatic heterocycles. The third-order valence-corrected chi connectivity index (χ3v) is 3.49. The summed E-state index contributed by atoms with van der Waals surface area (Å²) in [5, 5.41) is 3.81. The van der Waals surface area contributed by atoms with Gasteiger partial charge in [-0.2, -0.15) is 0 Å². The molecule has 0 saturated heterocycles. The Kier molecular flexibility index (Phi) is 6.98. The Morgan fingerprint density at radius 3 is 2.61 bits per heavy atom. The van der Waals surface area contributed by atoms with Crippen LogP contribution >= 0.6 is 11.6 Å². The zero-order chi connectivity index (χ0) is 16.5. The number of rotatable bonds is 9. The van der Waals surface area contributed by atoms with Crippen molar-refractivity contribution in [2.75, 3.05) is 13.2 Å². The molecule has 2 aromatic carbocycles. The minimum atomic E-state index is 0.453. The van der Waals surface area contributed by atoms with Gasteiger partial charge in [0.2, 0.25) is 0 Å². The van der Waals surface area contributed by atoms with Crippen molar-refractivity contribution in [2.45, 2.75) is 20.1 Å². The zero-order valence-electron chi connectivity index (χ0n) is 13.3. The standard InChI is InChI=1S/C19H22ClNO2/c1-3-10-21-13-16-11-17(20)19(18(12-16)22-4-2)23-14-15-8-6-5-7-9-15/h3,5-9,11-12,21H,1,4,10,13-14H2,2H3. The van der Waals surface area contributed by atoms with E-state index in [1.807, 2.05) is 55.5 Å². The molecule has 0 amide bonds. The molecule has 0 spiro atoms. The number of halogens is 1. The third-order valence-electron chi connectivity index (χ3n) is 3.21. The maximum atomic E-state index is 6.40. The van der Waals surface area contributed by atoms with Crippen LogP contribution in [0.5, 0.6) is 11.5 Å². The molecule has 122 valence electrons. The summed E-state index contributed by atoms with van der Waals surface area (Å²) in [6.07, 6.45) is 1.82. The van der Waals surface area contributed by atoms with Gasteiger partial charge < -0.3 is 14.8 Å². The predicted molar refractivity (Wildman–Crippen MR) is 95.3 cm³/mol. The van der Waals surface area contributed by atoms with Crippen molar-refractivity contribution in [1.29, 1.82) is 0 Å². The molecule has 0 saturated carbocycles. The summed E-state index contributed by atoms with van der Waals surface area (Å²) in [4.78, 5) is 0. The summed E-state index contributed by atoms with van der Waals surface area (Å²) < 4.78 is 11.6. The first-order valence-electron chi connectivity index (χ1n) is 7.68. The Morgan fingerprint density at radius 2 is 1.91 bits per heavy atom. The molecule has 0 aliphatic rings. The first-order chi connectivity index (χ1) is 11.2. The average molecular weight is 332 g/mol. The maximum absolute atomic E-state index is 6.40. The minimum absolute atomic E-state index is 0.453. The molecule has 0 atom stereocenters. The van der Waals surface area contributed by atoms with Gasteiger partial charge in [-0.15, -0.1) is 6.58 Å². The van der Waals surface area contributed by atoms with E-state index >= 15 is 0 Å². The third kappa shape index (κ3) is 5.31. The quantitative estimate of drug-likeness (QED) is 0.538. The van der Waals surface area contributed by atoms with Crippen molar-refractivity contribution in [1.82, 2.24) is 5.32 Å². The van der Waals surface area contributed by atoms with Crippen molar-refractivity contribution in [2.24, 2.45) is 0 Å². The van der Waals surface area contributed by atoms with Crippen molar-refractivity contribution in [3.05, 3.63) is 71.3 Å². The lowest BCUT2D eigenvalue weighted by Crippen LogP contribution is -2.13. The molecule has 0 radical (unpaired) electrons. The van der Waals surface area contributed by atoms with Gasteiger partial charge in [0.1, 0.15) is 6.61 Å². The fraction of sp³-hybridized carbons (Fsp3) is 0.263. The lowest BCUT2D eigenvalue weighted by molar-refractivity contribution is 0.269. The molecular formula is C19H22ClNO2. The topological polar surface area (TPSA) is 30.5 Å². The van der Waals surface area contributed by atoms with Gasteiger partial charge in [-0.3, -0.25) is 0 Å². The van der Waals surface area contributed by atoms with Crippen molar-refractivity contribution in [3.63, 3.8) is 0 Å². The van der Waals surface area contributed by atoms with Gasteiger partial charge >= 0.3 is 0 Å². The van der Waals surface area contributed by atoms with Crippen molar-refractivity contribution in [3.8, 4) is 11.5 Å². The molecule has 0 aromatic heterocycles. The summed E-state index contributed by atoms with van der Waals surface area (Å²) in [5.74, 6) is 1.26. The van der Waals surface area contributed by atoms with Gasteiger partial charge in [0.15, 0.2) is 11.5 Å². The van der Waals surface area contributed by atoms with Gasteiger partial charge in [-0.1, -0.05) is 48.0 Å². The number of hydrogen-bond acceptors (Lipinski definition) is 3. The van der Waals surface area contributed by atoms with E-state index in [0.29, 0.717) is 36.3 Å². The monoisotopic (exact) mass is 331 g/mol. The van der Waals surface area contributed by atoms with Gasteiger partial charge in [0.25, 0.3) is 0 Å². The normalized spacial score (nSPS) is 10.3. The van der Waals surface area contributed by atoms with Crippen LogP contribution in [-0.4, -0.2) is 13.2 Å². The van der Waals surface area contributed by atoms with E-state index in [4.69, 9.17) is 21.1 Å². The van der Waals surface area contributed by atoms with E-state index in [0.717, 1.165) is 17.7 Å². The largest absolute Gasteiger partial charge is 0.490 e. The number of benzene rings is 2. The lowest BCUT2D eigenvalue weighted by Gasteiger charge is -2.15. The molecule has 2 aromatic rings. The zero-order valence-corrected chi connectivity index (χ0v) is 14.1. The minimum Gasteiger partial charge on any atom is -0.490 e. The Morgan fingerprint density at radius 1 is 1.13 bits per heavy atom. The molecule has 2 rings (SSSR count). The Labute approximate surface area is 142 Å². The number of hydrogen-bond donors (Lipinski definition) is 1. The van der Waals surface area contributed by atoms with Crippen molar-refractivity contribution < 1.29 is 9.47 Å². The molecule has 0 aliphatic carbocycles. The molecular weight excluding hydrogens is 310 g/mol. The summed E-state index contributed by atoms with van der Waals surface area (Å²) in [6, 6.07) is 13.8. The fourth-order valence-electron chi connectivity index (χ4n) is 2.17. The summed E-state index contributed by atoms with van der Waals surface area (Å²) in [6.45, 7) is 8.09. The second kappa shape index (κ2) is 9.23. The fourth-order valence-corrected chi connectivity index (χ4v) is 2.46. The Hall–Kier alpha value is -1.97. The lowest BCUT2D eigenvalue weighted by atomic mass is 10.2. The van der Waals surface area contributed by atoms with Gasteiger partial charge in [-0.25, -0.2) is 0 Å². The van der Waals surface area contributed by atoms with E-state index < -0.39 is 0 Å². The summed E-state index contributed by atoms with van der Waals surface area (Å²) >= 11 is 6.40. The molecule has 0 heterocycles. The van der Waals surface area contributed by atoms with Crippen LogP contribution in [0, 0.1) is 0 Å². The molecule has 23 heavy (non-hydrogen) atoms. The van der Waals surface area contributed by atoms with Crippen LogP contribution in [0.15, 0.2) is 55.1 Å². The van der Waals surface area contributed by atoms with Gasteiger partial charge in [-0.05, 0) is 30.2 Å². The summed E-state index contributed by atoms with van der Waals surface area (Å²) in [7, 11) is 0. The van der Waals surface area contributed by atoms with E-state index in [1.54, 1.807) is 0 Å². The van der Waals surface area contributed by atoms with Crippen LogP contribution in [0.2, 0.25) is 5.02 Å². The first-order valence-corrected chi connectivity index (χ1v) is 8.06. The van der Waals surface area contributed by atoms with Crippen LogP contribution < -0.4 is 14.8 Å². The van der Waals surface area contributed by atoms with E-state index in [2.05, 4.69) is 11.9 Å². The highest BCUT2D eigenvalue weighted by Gasteiger charge is 2.13. The van der Waals surface area contributed by atoms with Crippen molar-refractivity contribution >= 4 is 11.6 Å². The highest BCUT2D eigenvalue weighted by Crippen LogP contribution is 2.37. The van der Waals surface area contributed by atoms with E-state index in [1.165, 1.54) is 0 Å². The van der Waals surface area contributed by atoms with Crippen LogP contribution in [0.4, 0.5) is 0 Å². The molecule has 0 unspecified atom stereocenters. The SMILES string of the molecule is C=CCNCc1cc(Cl)c(OCc2ccccc2)c(OCC)c1. The second-order valence-corrected chi connectivity index (χ2v) is 5.44. The van der Waals surface area contributed by atoms with Crippen LogP contribution in [-0.2, 0) is 13.2 Å². The second-order valence-electron chi connectivity index (χ2n) is 5.03. The highest BCUT2D eigenvalue weighted by molar-refractivity contribution is 6.32. The Balaban J connectivity index is 2.14.